The average molecular weight is 471 g/mol. The quantitative estimate of drug-likeness (QED) is 0.259. The van der Waals surface area contributed by atoms with Crippen LogP contribution >= 0.6 is 0 Å². The minimum absolute atomic E-state index is 0.218. The SMILES string of the molecule is CCC(C)c1cccc(C(c2ccc(N(CC)CC)cc2C)c2ccc(N(CC)CC)cc2C)c1. The zero-order chi connectivity index (χ0) is 25.5. The highest BCUT2D eigenvalue weighted by molar-refractivity contribution is 5.58. The molecule has 3 aromatic carbocycles. The van der Waals surface area contributed by atoms with Crippen molar-refractivity contribution in [3.8, 4) is 0 Å². The van der Waals surface area contributed by atoms with Gasteiger partial charge in [0.15, 0.2) is 0 Å². The Balaban J connectivity index is 2.18. The average Bonchev–Trinajstić information content (AvgIpc) is 2.87. The number of nitrogens with zero attached hydrogens (tertiary/aromatic N) is 2. The van der Waals surface area contributed by atoms with Crippen LogP contribution in [0.15, 0.2) is 60.7 Å². The Morgan fingerprint density at radius 1 is 0.600 bits per heavy atom. The van der Waals surface area contributed by atoms with E-state index in [4.69, 9.17) is 0 Å². The highest BCUT2D eigenvalue weighted by Gasteiger charge is 2.22. The molecule has 0 heterocycles. The Hall–Kier alpha value is -2.74. The van der Waals surface area contributed by atoms with Gasteiger partial charge in [0, 0.05) is 43.5 Å². The largest absolute Gasteiger partial charge is 0.372 e. The summed E-state index contributed by atoms with van der Waals surface area (Å²) in [7, 11) is 0. The van der Waals surface area contributed by atoms with Gasteiger partial charge in [-0.15, -0.1) is 0 Å². The van der Waals surface area contributed by atoms with Gasteiger partial charge in [0.2, 0.25) is 0 Å². The number of anilines is 2. The van der Waals surface area contributed by atoms with Gasteiger partial charge in [-0.2, -0.15) is 0 Å². The van der Waals surface area contributed by atoms with Gasteiger partial charge in [-0.3, -0.25) is 0 Å². The first-order valence-corrected chi connectivity index (χ1v) is 13.7. The lowest BCUT2D eigenvalue weighted by atomic mass is 9.80. The van der Waals surface area contributed by atoms with Crippen molar-refractivity contribution < 1.29 is 0 Å². The summed E-state index contributed by atoms with van der Waals surface area (Å²) in [4.78, 5) is 4.86. The van der Waals surface area contributed by atoms with E-state index < -0.39 is 0 Å². The predicted molar refractivity (Wildman–Crippen MR) is 156 cm³/mol. The molecule has 0 bridgehead atoms. The van der Waals surface area contributed by atoms with Crippen LogP contribution in [0.3, 0.4) is 0 Å². The molecule has 0 spiro atoms. The van der Waals surface area contributed by atoms with Gasteiger partial charge in [0.05, 0.1) is 0 Å². The van der Waals surface area contributed by atoms with Crippen molar-refractivity contribution in [2.24, 2.45) is 0 Å². The number of benzene rings is 3. The number of aryl methyl sites for hydroxylation is 2. The minimum atomic E-state index is 0.218. The number of hydrogen-bond acceptors (Lipinski definition) is 2. The van der Waals surface area contributed by atoms with Crippen LogP contribution in [0.2, 0.25) is 0 Å². The summed E-state index contributed by atoms with van der Waals surface area (Å²) in [5.41, 5.74) is 11.0. The summed E-state index contributed by atoms with van der Waals surface area (Å²) >= 11 is 0. The second kappa shape index (κ2) is 12.3. The van der Waals surface area contributed by atoms with Crippen molar-refractivity contribution >= 4 is 11.4 Å². The van der Waals surface area contributed by atoms with Crippen LogP contribution in [-0.2, 0) is 0 Å². The third-order valence-electron chi connectivity index (χ3n) is 7.81. The summed E-state index contributed by atoms with van der Waals surface area (Å²) < 4.78 is 0. The van der Waals surface area contributed by atoms with E-state index in [2.05, 4.69) is 126 Å². The lowest BCUT2D eigenvalue weighted by molar-refractivity contribution is 0.731. The molecule has 35 heavy (non-hydrogen) atoms. The van der Waals surface area contributed by atoms with E-state index in [9.17, 15) is 0 Å². The number of rotatable bonds is 11. The van der Waals surface area contributed by atoms with E-state index in [0.717, 1.165) is 32.6 Å². The molecule has 0 aliphatic heterocycles. The van der Waals surface area contributed by atoms with Gasteiger partial charge in [-0.05, 0) is 112 Å². The van der Waals surface area contributed by atoms with E-state index >= 15 is 0 Å². The Morgan fingerprint density at radius 3 is 1.46 bits per heavy atom. The molecule has 0 radical (unpaired) electrons. The van der Waals surface area contributed by atoms with Crippen molar-refractivity contribution in [3.05, 3.63) is 94.0 Å². The molecule has 0 aliphatic rings. The molecule has 0 amide bonds. The monoisotopic (exact) mass is 470 g/mol. The van der Waals surface area contributed by atoms with Crippen molar-refractivity contribution in [2.45, 2.75) is 73.6 Å². The summed E-state index contributed by atoms with van der Waals surface area (Å²) in [5.74, 6) is 0.781. The zero-order valence-electron chi connectivity index (χ0n) is 23.4. The minimum Gasteiger partial charge on any atom is -0.372 e. The Labute approximate surface area is 215 Å². The van der Waals surface area contributed by atoms with Crippen LogP contribution in [-0.4, -0.2) is 26.2 Å². The molecule has 3 rings (SSSR count). The maximum Gasteiger partial charge on any atom is 0.0368 e. The predicted octanol–water partition coefficient (Wildman–Crippen LogP) is 8.69. The maximum absolute atomic E-state index is 2.45. The van der Waals surface area contributed by atoms with Crippen LogP contribution in [0.25, 0.3) is 0 Å². The molecule has 1 unspecified atom stereocenters. The molecule has 188 valence electrons. The second-order valence-corrected chi connectivity index (χ2v) is 9.84. The third kappa shape index (κ3) is 5.92. The third-order valence-corrected chi connectivity index (χ3v) is 7.81. The van der Waals surface area contributed by atoms with Gasteiger partial charge in [0.25, 0.3) is 0 Å². The smallest absolute Gasteiger partial charge is 0.0368 e. The maximum atomic E-state index is 2.45. The van der Waals surface area contributed by atoms with Gasteiger partial charge >= 0.3 is 0 Å². The van der Waals surface area contributed by atoms with Crippen molar-refractivity contribution in [1.29, 1.82) is 0 Å². The first-order chi connectivity index (χ1) is 16.9. The molecule has 3 aromatic rings. The van der Waals surface area contributed by atoms with Gasteiger partial charge in [-0.1, -0.05) is 50.2 Å². The molecule has 0 aromatic heterocycles. The molecule has 0 aliphatic carbocycles. The highest BCUT2D eigenvalue weighted by Crippen LogP contribution is 2.39. The van der Waals surface area contributed by atoms with E-state index in [1.807, 2.05) is 0 Å². The van der Waals surface area contributed by atoms with Crippen molar-refractivity contribution in [1.82, 2.24) is 0 Å². The molecule has 2 nitrogen and oxygen atoms in total. The lowest BCUT2D eigenvalue weighted by Crippen LogP contribution is -2.22. The fraction of sp³-hybridized carbons (Fsp3) is 0.455. The first-order valence-electron chi connectivity index (χ1n) is 13.7. The van der Waals surface area contributed by atoms with Crippen molar-refractivity contribution in [2.75, 3.05) is 36.0 Å². The van der Waals surface area contributed by atoms with Crippen LogP contribution in [0, 0.1) is 13.8 Å². The summed E-state index contributed by atoms with van der Waals surface area (Å²) in [5, 5.41) is 0. The fourth-order valence-electron chi connectivity index (χ4n) is 5.35. The molecule has 1 atom stereocenters. The molecular weight excluding hydrogens is 424 g/mol. The molecule has 0 fully saturated rings. The van der Waals surface area contributed by atoms with Gasteiger partial charge in [-0.25, -0.2) is 0 Å². The van der Waals surface area contributed by atoms with Gasteiger partial charge in [0.1, 0.15) is 0 Å². The molecule has 0 saturated carbocycles. The second-order valence-electron chi connectivity index (χ2n) is 9.84. The molecule has 2 heteroatoms. The van der Waals surface area contributed by atoms with E-state index in [-0.39, 0.29) is 5.92 Å². The Kier molecular flexibility index (Phi) is 9.43. The fourth-order valence-corrected chi connectivity index (χ4v) is 5.35. The molecule has 0 saturated heterocycles. The Bertz CT molecular complexity index is 1030. The standard InChI is InChI=1S/C33H46N2/c1-9-24(6)27-15-14-16-28(23-27)33(31-19-17-29(21-25(31)7)34(10-2)11-3)32-20-18-30(22-26(32)8)35(12-4)13-5/h14-24,33H,9-13H2,1-8H3. The summed E-state index contributed by atoms with van der Waals surface area (Å²) in [6.07, 6.45) is 1.16. The van der Waals surface area contributed by atoms with Gasteiger partial charge < -0.3 is 9.80 Å². The molecular formula is C33H46N2. The first kappa shape index (κ1) is 26.9. The van der Waals surface area contributed by atoms with Crippen molar-refractivity contribution in [3.63, 3.8) is 0 Å². The Morgan fingerprint density at radius 2 is 1.06 bits per heavy atom. The topological polar surface area (TPSA) is 6.48 Å². The zero-order valence-corrected chi connectivity index (χ0v) is 23.4. The summed E-state index contributed by atoms with van der Waals surface area (Å²) in [6.45, 7) is 22.2. The van der Waals surface area contributed by atoms with Crippen LogP contribution in [0.4, 0.5) is 11.4 Å². The van der Waals surface area contributed by atoms with E-state index in [1.165, 1.54) is 44.8 Å². The number of hydrogen-bond donors (Lipinski definition) is 0. The van der Waals surface area contributed by atoms with E-state index in [1.54, 1.807) is 0 Å². The van der Waals surface area contributed by atoms with E-state index in [0.29, 0.717) is 5.92 Å². The highest BCUT2D eigenvalue weighted by atomic mass is 15.1. The lowest BCUT2D eigenvalue weighted by Gasteiger charge is -2.28. The molecule has 0 N–H and O–H groups in total. The normalized spacial score (nSPS) is 12.1. The summed E-state index contributed by atoms with van der Waals surface area (Å²) in [6, 6.07) is 23.5. The van der Waals surface area contributed by atoms with Crippen LogP contribution in [0.5, 0.6) is 0 Å². The van der Waals surface area contributed by atoms with Crippen LogP contribution < -0.4 is 9.80 Å². The van der Waals surface area contributed by atoms with Crippen LogP contribution in [0.1, 0.15) is 93.2 Å².